The average molecular weight is 69.9 g/mol. The average Bonchev–Trinajstić information content (AvgIpc) is 1.41. The van der Waals surface area contributed by atoms with Gasteiger partial charge in [-0.05, 0) is 6.42 Å². The molecule has 2 radical (unpaired) electrons. The van der Waals surface area contributed by atoms with Crippen molar-refractivity contribution in [2.75, 3.05) is 6.61 Å². The van der Waals surface area contributed by atoms with Gasteiger partial charge in [-0.1, -0.05) is 6.32 Å². The van der Waals surface area contributed by atoms with E-state index < -0.39 is 0 Å². The van der Waals surface area contributed by atoms with Crippen LogP contribution < -0.4 is 0 Å². The minimum atomic E-state index is 0.219. The lowest BCUT2D eigenvalue weighted by atomic mass is 10.0. The molecule has 2 heteroatoms. The molecule has 0 aromatic carbocycles. The molecule has 0 aliphatic carbocycles. The van der Waals surface area contributed by atoms with Gasteiger partial charge in [0.2, 0.25) is 0 Å². The van der Waals surface area contributed by atoms with Gasteiger partial charge >= 0.3 is 0 Å². The zero-order chi connectivity index (χ0) is 4.12. The molecule has 0 saturated heterocycles. The molecule has 0 fully saturated rings. The molecule has 0 atom stereocenters. The number of hydrogen-bond acceptors (Lipinski definition) is 1. The topological polar surface area (TPSA) is 20.2 Å². The summed E-state index contributed by atoms with van der Waals surface area (Å²) in [5.74, 6) is 0. The monoisotopic (exact) mass is 70.1 g/mol. The molecule has 0 aliphatic heterocycles. The summed E-state index contributed by atoms with van der Waals surface area (Å²) in [5.41, 5.74) is 0. The van der Waals surface area contributed by atoms with E-state index in [1.165, 1.54) is 0 Å². The lowest BCUT2D eigenvalue weighted by molar-refractivity contribution is 0.295. The third-order valence-electron chi connectivity index (χ3n) is 0.362. The molecular weight excluding hydrogens is 62.8 g/mol. The summed E-state index contributed by atoms with van der Waals surface area (Å²) in [6.45, 7) is 0.219. The van der Waals surface area contributed by atoms with E-state index in [4.69, 9.17) is 13.0 Å². The molecule has 0 bridgehead atoms. The van der Waals surface area contributed by atoms with Gasteiger partial charge < -0.3 is 5.11 Å². The smallest absolute Gasteiger partial charge is 0.0654 e. The van der Waals surface area contributed by atoms with E-state index in [1.807, 2.05) is 0 Å². The Bertz CT molecular complexity index is 14.4. The number of rotatable bonds is 2. The highest BCUT2D eigenvalue weighted by Crippen LogP contribution is 1.76. The fourth-order valence-corrected chi connectivity index (χ4v) is 0.0913. The maximum absolute atomic E-state index is 7.99. The molecule has 1 nitrogen and oxygen atoms in total. The number of aliphatic hydroxyl groups excluding tert-OH is 1. The zero-order valence-electron chi connectivity index (χ0n) is 3.15. The largest absolute Gasteiger partial charge is 0.396 e. The lowest BCUT2D eigenvalue weighted by Crippen LogP contribution is -1.77. The van der Waals surface area contributed by atoms with Crippen molar-refractivity contribution >= 4 is 7.85 Å². The van der Waals surface area contributed by atoms with Gasteiger partial charge in [-0.3, -0.25) is 0 Å². The van der Waals surface area contributed by atoms with E-state index in [0.29, 0.717) is 6.32 Å². The molecule has 0 aromatic rings. The summed E-state index contributed by atoms with van der Waals surface area (Å²) >= 11 is 0. The van der Waals surface area contributed by atoms with E-state index in [-0.39, 0.29) is 6.61 Å². The van der Waals surface area contributed by atoms with Crippen molar-refractivity contribution in [2.45, 2.75) is 12.7 Å². The van der Waals surface area contributed by atoms with E-state index in [9.17, 15) is 0 Å². The molecule has 0 rings (SSSR count). The quantitative estimate of drug-likeness (QED) is 0.452. The van der Waals surface area contributed by atoms with Crippen LogP contribution in [0.2, 0.25) is 6.32 Å². The van der Waals surface area contributed by atoms with Crippen molar-refractivity contribution in [1.82, 2.24) is 0 Å². The highest BCUT2D eigenvalue weighted by Gasteiger charge is 1.69. The van der Waals surface area contributed by atoms with Gasteiger partial charge in [-0.15, -0.1) is 0 Å². The first-order valence-corrected chi connectivity index (χ1v) is 1.72. The summed E-state index contributed by atoms with van der Waals surface area (Å²) < 4.78 is 0. The molecule has 0 aromatic heterocycles. The standard InChI is InChI=1S/C3H7BO/c4-2-1-3-5/h5H,1-3H2. The fourth-order valence-electron chi connectivity index (χ4n) is 0.0913. The van der Waals surface area contributed by atoms with Crippen molar-refractivity contribution in [3.8, 4) is 0 Å². The van der Waals surface area contributed by atoms with Crippen molar-refractivity contribution < 1.29 is 5.11 Å². The molecule has 0 amide bonds. The van der Waals surface area contributed by atoms with Crippen LogP contribution in [-0.2, 0) is 0 Å². The predicted molar refractivity (Wildman–Crippen MR) is 22.3 cm³/mol. The van der Waals surface area contributed by atoms with Crippen LogP contribution in [0.5, 0.6) is 0 Å². The van der Waals surface area contributed by atoms with Gasteiger partial charge in [-0.2, -0.15) is 0 Å². The SMILES string of the molecule is [B]CCCO. The first-order chi connectivity index (χ1) is 2.41. The Morgan fingerprint density at radius 3 is 2.20 bits per heavy atom. The van der Waals surface area contributed by atoms with Crippen molar-refractivity contribution in [2.24, 2.45) is 0 Å². The molecule has 0 saturated carbocycles. The Labute approximate surface area is 33.4 Å². The van der Waals surface area contributed by atoms with Crippen molar-refractivity contribution in [3.63, 3.8) is 0 Å². The Kier molecular flexibility index (Phi) is 4.05. The fraction of sp³-hybridized carbons (Fsp3) is 1.00. The van der Waals surface area contributed by atoms with Crippen LogP contribution in [0.15, 0.2) is 0 Å². The maximum atomic E-state index is 7.99. The predicted octanol–water partition coefficient (Wildman–Crippen LogP) is -0.0444. The van der Waals surface area contributed by atoms with Crippen LogP contribution in [0, 0.1) is 0 Å². The highest BCUT2D eigenvalue weighted by atomic mass is 16.2. The van der Waals surface area contributed by atoms with Crippen molar-refractivity contribution in [1.29, 1.82) is 0 Å². The van der Waals surface area contributed by atoms with Gasteiger partial charge in [-0.25, -0.2) is 0 Å². The van der Waals surface area contributed by atoms with Gasteiger partial charge in [0.05, 0.1) is 7.85 Å². The third kappa shape index (κ3) is 4.02. The van der Waals surface area contributed by atoms with Crippen LogP contribution in [0.1, 0.15) is 6.42 Å². The minimum absolute atomic E-state index is 0.219. The second-order valence-corrected chi connectivity index (χ2v) is 0.866. The van der Waals surface area contributed by atoms with Gasteiger partial charge in [0.1, 0.15) is 0 Å². The Balaban J connectivity index is 2.19. The first kappa shape index (κ1) is 5.02. The van der Waals surface area contributed by atoms with E-state index in [0.717, 1.165) is 6.42 Å². The summed E-state index contributed by atoms with van der Waals surface area (Å²) in [7, 11) is 4.98. The zero-order valence-corrected chi connectivity index (χ0v) is 3.15. The third-order valence-corrected chi connectivity index (χ3v) is 0.362. The molecule has 28 valence electrons. The Hall–Kier alpha value is 0.0249. The lowest BCUT2D eigenvalue weighted by Gasteiger charge is -1.79. The summed E-state index contributed by atoms with van der Waals surface area (Å²) in [4.78, 5) is 0. The number of hydrogen-bond donors (Lipinski definition) is 1. The van der Waals surface area contributed by atoms with Crippen LogP contribution in [0.3, 0.4) is 0 Å². The van der Waals surface area contributed by atoms with E-state index in [2.05, 4.69) is 0 Å². The second kappa shape index (κ2) is 4.02. The second-order valence-electron chi connectivity index (χ2n) is 0.866. The summed E-state index contributed by atoms with van der Waals surface area (Å²) in [6, 6.07) is 0. The van der Waals surface area contributed by atoms with E-state index in [1.54, 1.807) is 0 Å². The number of aliphatic hydroxyl groups is 1. The van der Waals surface area contributed by atoms with Gasteiger partial charge in [0.25, 0.3) is 0 Å². The molecule has 0 heterocycles. The highest BCUT2D eigenvalue weighted by molar-refractivity contribution is 6.08. The Morgan fingerprint density at radius 2 is 2.20 bits per heavy atom. The normalized spacial score (nSPS) is 8.20. The summed E-state index contributed by atoms with van der Waals surface area (Å²) in [5, 5.41) is 7.99. The van der Waals surface area contributed by atoms with Crippen LogP contribution >= 0.6 is 0 Å². The van der Waals surface area contributed by atoms with Gasteiger partial charge in [0, 0.05) is 6.61 Å². The molecule has 0 unspecified atom stereocenters. The van der Waals surface area contributed by atoms with Crippen LogP contribution in [0.4, 0.5) is 0 Å². The Morgan fingerprint density at radius 1 is 1.60 bits per heavy atom. The minimum Gasteiger partial charge on any atom is -0.396 e. The first-order valence-electron chi connectivity index (χ1n) is 1.72. The van der Waals surface area contributed by atoms with Gasteiger partial charge in [0.15, 0.2) is 0 Å². The van der Waals surface area contributed by atoms with Crippen LogP contribution in [0.25, 0.3) is 0 Å². The molecule has 0 spiro atoms. The van der Waals surface area contributed by atoms with Crippen molar-refractivity contribution in [3.05, 3.63) is 0 Å². The maximum Gasteiger partial charge on any atom is 0.0654 e. The van der Waals surface area contributed by atoms with Crippen LogP contribution in [-0.4, -0.2) is 19.6 Å². The molecule has 0 aliphatic rings. The molecule has 1 N–H and O–H groups in total. The van der Waals surface area contributed by atoms with E-state index >= 15 is 0 Å². The molecule has 5 heavy (non-hydrogen) atoms. The summed E-state index contributed by atoms with van der Waals surface area (Å²) in [6.07, 6.45) is 1.32. The molecular formula is C3H7BO.